The van der Waals surface area contributed by atoms with Crippen molar-refractivity contribution in [3.63, 3.8) is 0 Å². The van der Waals surface area contributed by atoms with Gasteiger partial charge in [-0.05, 0) is 49.7 Å². The molecular formula is C16H18O2. The second-order valence-electron chi connectivity index (χ2n) is 5.53. The molecule has 0 heterocycles. The molecule has 3 rings (SSSR count). The smallest absolute Gasteiger partial charge is 0.311 e. The van der Waals surface area contributed by atoms with Crippen LogP contribution in [0.5, 0.6) is 5.75 Å². The Morgan fingerprint density at radius 2 is 2.00 bits per heavy atom. The summed E-state index contributed by atoms with van der Waals surface area (Å²) in [6, 6.07) is 7.63. The third-order valence-corrected chi connectivity index (χ3v) is 4.10. The first-order valence-electron chi connectivity index (χ1n) is 6.66. The number of ether oxygens (including phenoxy) is 1. The van der Waals surface area contributed by atoms with E-state index in [4.69, 9.17) is 4.74 Å². The standard InChI is InChI=1S/C16H18O2/c1-11-2-6-15(7-3-11)18-16(17)10-14-9-12-4-5-13(14)8-12/h2-7,12-14H,8-10H2,1H3. The van der Waals surface area contributed by atoms with E-state index in [1.807, 2.05) is 31.2 Å². The van der Waals surface area contributed by atoms with Crippen LogP contribution in [0.25, 0.3) is 0 Å². The van der Waals surface area contributed by atoms with Crippen LogP contribution in [0.3, 0.4) is 0 Å². The highest BCUT2D eigenvalue weighted by atomic mass is 16.5. The van der Waals surface area contributed by atoms with E-state index >= 15 is 0 Å². The zero-order chi connectivity index (χ0) is 12.5. The fourth-order valence-electron chi connectivity index (χ4n) is 3.12. The first-order valence-corrected chi connectivity index (χ1v) is 6.66. The maximum atomic E-state index is 11.9. The van der Waals surface area contributed by atoms with E-state index < -0.39 is 0 Å². The molecule has 1 aromatic carbocycles. The summed E-state index contributed by atoms with van der Waals surface area (Å²) in [6.07, 6.45) is 7.52. The van der Waals surface area contributed by atoms with E-state index in [1.54, 1.807) is 0 Å². The van der Waals surface area contributed by atoms with Crippen LogP contribution in [0.4, 0.5) is 0 Å². The van der Waals surface area contributed by atoms with Crippen LogP contribution < -0.4 is 4.74 Å². The number of carbonyl (C=O) groups excluding carboxylic acids is 1. The van der Waals surface area contributed by atoms with Crippen LogP contribution in [0, 0.1) is 24.7 Å². The van der Waals surface area contributed by atoms with Crippen LogP contribution in [-0.4, -0.2) is 5.97 Å². The number of esters is 1. The Kier molecular flexibility index (Phi) is 2.94. The molecule has 18 heavy (non-hydrogen) atoms. The summed E-state index contributed by atoms with van der Waals surface area (Å²) in [7, 11) is 0. The van der Waals surface area contributed by atoms with Gasteiger partial charge in [0.15, 0.2) is 0 Å². The summed E-state index contributed by atoms with van der Waals surface area (Å²) < 4.78 is 5.38. The number of aryl methyl sites for hydroxylation is 1. The average molecular weight is 242 g/mol. The largest absolute Gasteiger partial charge is 0.427 e. The number of carbonyl (C=O) groups is 1. The number of fused-ring (bicyclic) bond motifs is 2. The van der Waals surface area contributed by atoms with Crippen molar-refractivity contribution in [3.05, 3.63) is 42.0 Å². The Bertz CT molecular complexity index is 472. The number of rotatable bonds is 3. The first-order chi connectivity index (χ1) is 8.70. The Labute approximate surface area is 108 Å². The molecule has 0 aromatic heterocycles. The fraction of sp³-hybridized carbons (Fsp3) is 0.438. The Morgan fingerprint density at radius 1 is 1.22 bits per heavy atom. The van der Waals surface area contributed by atoms with Gasteiger partial charge in [-0.25, -0.2) is 0 Å². The number of allylic oxidation sites excluding steroid dienone is 2. The predicted octanol–water partition coefficient (Wildman–Crippen LogP) is 3.50. The normalized spacial score (nSPS) is 28.6. The van der Waals surface area contributed by atoms with Gasteiger partial charge in [0.1, 0.15) is 5.75 Å². The third kappa shape index (κ3) is 2.33. The topological polar surface area (TPSA) is 26.3 Å². The molecule has 0 saturated heterocycles. The van der Waals surface area contributed by atoms with Gasteiger partial charge in [0.05, 0.1) is 0 Å². The molecule has 3 unspecified atom stereocenters. The molecule has 2 heteroatoms. The number of hydrogen-bond donors (Lipinski definition) is 0. The van der Waals surface area contributed by atoms with Crippen molar-refractivity contribution in [3.8, 4) is 5.75 Å². The fourth-order valence-corrected chi connectivity index (χ4v) is 3.12. The van der Waals surface area contributed by atoms with Gasteiger partial charge < -0.3 is 4.74 Å². The Morgan fingerprint density at radius 3 is 2.61 bits per heavy atom. The minimum absolute atomic E-state index is 0.0928. The van der Waals surface area contributed by atoms with Crippen LogP contribution in [0.1, 0.15) is 24.8 Å². The Balaban J connectivity index is 1.56. The second-order valence-corrected chi connectivity index (χ2v) is 5.53. The molecule has 1 aromatic rings. The highest BCUT2D eigenvalue weighted by Crippen LogP contribution is 2.44. The molecule has 1 saturated carbocycles. The van der Waals surface area contributed by atoms with Crippen molar-refractivity contribution >= 4 is 5.97 Å². The molecule has 0 amide bonds. The van der Waals surface area contributed by atoms with Crippen LogP contribution in [0.15, 0.2) is 36.4 Å². The summed E-state index contributed by atoms with van der Waals surface area (Å²) in [5.41, 5.74) is 1.17. The van der Waals surface area contributed by atoms with E-state index in [9.17, 15) is 4.79 Å². The number of hydrogen-bond acceptors (Lipinski definition) is 2. The maximum absolute atomic E-state index is 11.9. The van der Waals surface area contributed by atoms with Gasteiger partial charge in [-0.2, -0.15) is 0 Å². The zero-order valence-corrected chi connectivity index (χ0v) is 10.6. The summed E-state index contributed by atoms with van der Waals surface area (Å²) >= 11 is 0. The van der Waals surface area contributed by atoms with Gasteiger partial charge in [-0.3, -0.25) is 4.79 Å². The van der Waals surface area contributed by atoms with Gasteiger partial charge in [-0.15, -0.1) is 0 Å². The lowest BCUT2D eigenvalue weighted by atomic mass is 9.91. The molecule has 94 valence electrons. The van der Waals surface area contributed by atoms with Gasteiger partial charge in [-0.1, -0.05) is 29.8 Å². The van der Waals surface area contributed by atoms with Gasteiger partial charge >= 0.3 is 5.97 Å². The molecule has 0 N–H and O–H groups in total. The van der Waals surface area contributed by atoms with Crippen molar-refractivity contribution in [2.75, 3.05) is 0 Å². The molecular weight excluding hydrogens is 224 g/mol. The van der Waals surface area contributed by atoms with Crippen molar-refractivity contribution < 1.29 is 9.53 Å². The highest BCUT2D eigenvalue weighted by molar-refractivity contribution is 5.72. The molecule has 2 aliphatic rings. The predicted molar refractivity (Wildman–Crippen MR) is 70.3 cm³/mol. The minimum Gasteiger partial charge on any atom is -0.427 e. The second kappa shape index (κ2) is 4.60. The molecule has 0 spiro atoms. The average Bonchev–Trinajstić information content (AvgIpc) is 2.94. The van der Waals surface area contributed by atoms with E-state index in [1.165, 1.54) is 12.0 Å². The van der Waals surface area contributed by atoms with E-state index in [0.29, 0.717) is 29.9 Å². The quantitative estimate of drug-likeness (QED) is 0.460. The monoisotopic (exact) mass is 242 g/mol. The van der Waals surface area contributed by atoms with E-state index in [0.717, 1.165) is 6.42 Å². The highest BCUT2D eigenvalue weighted by Gasteiger charge is 2.36. The molecule has 3 atom stereocenters. The van der Waals surface area contributed by atoms with Crippen LogP contribution in [0.2, 0.25) is 0 Å². The lowest BCUT2D eigenvalue weighted by Crippen LogP contribution is -2.17. The minimum atomic E-state index is -0.0928. The molecule has 2 bridgehead atoms. The Hall–Kier alpha value is -1.57. The van der Waals surface area contributed by atoms with E-state index in [-0.39, 0.29) is 5.97 Å². The SMILES string of the molecule is Cc1ccc(OC(=O)CC2CC3C=CC2C3)cc1. The molecule has 0 radical (unpaired) electrons. The van der Waals surface area contributed by atoms with Crippen molar-refractivity contribution in [1.82, 2.24) is 0 Å². The zero-order valence-electron chi connectivity index (χ0n) is 10.6. The maximum Gasteiger partial charge on any atom is 0.311 e. The first kappa shape index (κ1) is 11.5. The lowest BCUT2D eigenvalue weighted by Gasteiger charge is -2.16. The molecule has 2 nitrogen and oxygen atoms in total. The van der Waals surface area contributed by atoms with Crippen LogP contribution in [-0.2, 0) is 4.79 Å². The third-order valence-electron chi connectivity index (χ3n) is 4.10. The molecule has 1 fully saturated rings. The van der Waals surface area contributed by atoms with Gasteiger partial charge in [0.2, 0.25) is 0 Å². The van der Waals surface area contributed by atoms with Gasteiger partial charge in [0, 0.05) is 6.42 Å². The number of benzene rings is 1. The molecule has 2 aliphatic carbocycles. The summed E-state index contributed by atoms with van der Waals surface area (Å²) in [5.74, 6) is 2.39. The van der Waals surface area contributed by atoms with Crippen molar-refractivity contribution in [2.45, 2.75) is 26.2 Å². The van der Waals surface area contributed by atoms with Crippen molar-refractivity contribution in [2.24, 2.45) is 17.8 Å². The summed E-state index contributed by atoms with van der Waals surface area (Å²) in [6.45, 7) is 2.02. The molecule has 0 aliphatic heterocycles. The summed E-state index contributed by atoms with van der Waals surface area (Å²) in [4.78, 5) is 11.9. The van der Waals surface area contributed by atoms with Crippen LogP contribution >= 0.6 is 0 Å². The van der Waals surface area contributed by atoms with Crippen molar-refractivity contribution in [1.29, 1.82) is 0 Å². The lowest BCUT2D eigenvalue weighted by molar-refractivity contribution is -0.135. The van der Waals surface area contributed by atoms with E-state index in [2.05, 4.69) is 12.2 Å². The summed E-state index contributed by atoms with van der Waals surface area (Å²) in [5, 5.41) is 0. The van der Waals surface area contributed by atoms with Gasteiger partial charge in [0.25, 0.3) is 0 Å².